The van der Waals surface area contributed by atoms with Crippen molar-refractivity contribution in [1.29, 1.82) is 5.26 Å². The van der Waals surface area contributed by atoms with E-state index in [1.807, 2.05) is 32.0 Å². The average molecular weight is 188 g/mol. The van der Waals surface area contributed by atoms with E-state index in [-0.39, 0.29) is 5.92 Å². The molecule has 1 radical (unpaired) electrons. The molecule has 0 saturated carbocycles. The van der Waals surface area contributed by atoms with Gasteiger partial charge in [0.25, 0.3) is 0 Å². The van der Waals surface area contributed by atoms with Crippen molar-refractivity contribution < 1.29 is 4.74 Å². The van der Waals surface area contributed by atoms with Crippen molar-refractivity contribution in [1.82, 2.24) is 0 Å². The molecular weight excluding hydrogens is 174 g/mol. The molecule has 0 aromatic heterocycles. The van der Waals surface area contributed by atoms with Gasteiger partial charge in [0.1, 0.15) is 11.8 Å². The molecule has 0 bridgehead atoms. The second kappa shape index (κ2) is 4.66. The summed E-state index contributed by atoms with van der Waals surface area (Å²) in [7, 11) is 0. The standard InChI is InChI=1S/C12H14NO/c1-4-14-12-6-5-10(9(2)3)7-11(12)8-13/h5-7,9H,2,4H2,1,3H3. The van der Waals surface area contributed by atoms with Gasteiger partial charge in [-0.2, -0.15) is 5.26 Å². The molecule has 1 aromatic carbocycles. The molecule has 2 nitrogen and oxygen atoms in total. The Labute approximate surface area is 85.1 Å². The highest BCUT2D eigenvalue weighted by molar-refractivity contribution is 5.46. The largest absolute Gasteiger partial charge is 0.492 e. The third-order valence-corrected chi connectivity index (χ3v) is 1.99. The van der Waals surface area contributed by atoms with Crippen LogP contribution in [0, 0.1) is 18.3 Å². The zero-order chi connectivity index (χ0) is 10.6. The van der Waals surface area contributed by atoms with Crippen molar-refractivity contribution >= 4 is 0 Å². The Morgan fingerprint density at radius 2 is 2.29 bits per heavy atom. The summed E-state index contributed by atoms with van der Waals surface area (Å²) in [6.45, 7) is 8.39. The number of hydrogen-bond acceptors (Lipinski definition) is 2. The maximum Gasteiger partial charge on any atom is 0.137 e. The summed E-state index contributed by atoms with van der Waals surface area (Å²) in [5, 5.41) is 8.90. The van der Waals surface area contributed by atoms with E-state index < -0.39 is 0 Å². The predicted octanol–water partition coefficient (Wildman–Crippen LogP) is 2.89. The van der Waals surface area contributed by atoms with Gasteiger partial charge in [-0.25, -0.2) is 0 Å². The van der Waals surface area contributed by atoms with Crippen LogP contribution in [0.3, 0.4) is 0 Å². The molecule has 14 heavy (non-hydrogen) atoms. The van der Waals surface area contributed by atoms with E-state index >= 15 is 0 Å². The topological polar surface area (TPSA) is 33.0 Å². The number of rotatable bonds is 3. The lowest BCUT2D eigenvalue weighted by molar-refractivity contribution is 0.339. The van der Waals surface area contributed by atoms with Crippen LogP contribution in [0.15, 0.2) is 18.2 Å². The second-order valence-electron chi connectivity index (χ2n) is 3.20. The smallest absolute Gasteiger partial charge is 0.137 e. The lowest BCUT2D eigenvalue weighted by Gasteiger charge is -2.09. The molecule has 1 rings (SSSR count). The minimum Gasteiger partial charge on any atom is -0.492 e. The first kappa shape index (κ1) is 10.6. The summed E-state index contributed by atoms with van der Waals surface area (Å²) < 4.78 is 5.32. The number of benzene rings is 1. The van der Waals surface area contributed by atoms with Crippen LogP contribution in [-0.4, -0.2) is 6.61 Å². The number of nitrogens with zero attached hydrogens (tertiary/aromatic N) is 1. The molecule has 0 spiro atoms. The summed E-state index contributed by atoms with van der Waals surface area (Å²) in [5.41, 5.74) is 1.64. The first-order valence-corrected chi connectivity index (χ1v) is 4.69. The summed E-state index contributed by atoms with van der Waals surface area (Å²) in [6.07, 6.45) is 0. The van der Waals surface area contributed by atoms with Crippen molar-refractivity contribution in [2.75, 3.05) is 6.61 Å². The molecule has 1 unspecified atom stereocenters. The maximum atomic E-state index is 8.90. The summed E-state index contributed by atoms with van der Waals surface area (Å²) in [6, 6.07) is 7.74. The molecule has 73 valence electrons. The van der Waals surface area contributed by atoms with E-state index in [1.165, 1.54) is 0 Å². The Morgan fingerprint density at radius 1 is 1.57 bits per heavy atom. The summed E-state index contributed by atoms with van der Waals surface area (Å²) in [5.74, 6) is 0.845. The molecule has 0 N–H and O–H groups in total. The van der Waals surface area contributed by atoms with Gasteiger partial charge in [0.15, 0.2) is 0 Å². The van der Waals surface area contributed by atoms with Crippen LogP contribution in [-0.2, 0) is 0 Å². The monoisotopic (exact) mass is 188 g/mol. The fourth-order valence-corrected chi connectivity index (χ4v) is 1.22. The quantitative estimate of drug-likeness (QED) is 0.730. The highest BCUT2D eigenvalue weighted by Crippen LogP contribution is 2.23. The van der Waals surface area contributed by atoms with Crippen molar-refractivity contribution in [2.24, 2.45) is 0 Å². The predicted molar refractivity (Wildman–Crippen MR) is 56.1 cm³/mol. The van der Waals surface area contributed by atoms with Crippen LogP contribution in [0.4, 0.5) is 0 Å². The second-order valence-corrected chi connectivity index (χ2v) is 3.20. The SMILES string of the molecule is [CH2]C(C)c1ccc(OCC)c(C#N)c1. The Kier molecular flexibility index (Phi) is 3.53. The lowest BCUT2D eigenvalue weighted by Crippen LogP contribution is -1.96. The van der Waals surface area contributed by atoms with E-state index in [0.29, 0.717) is 17.9 Å². The van der Waals surface area contributed by atoms with Gasteiger partial charge in [0, 0.05) is 0 Å². The first-order chi connectivity index (χ1) is 6.69. The fraction of sp³-hybridized carbons (Fsp3) is 0.333. The third-order valence-electron chi connectivity index (χ3n) is 1.99. The Bertz CT molecular complexity index is 350. The van der Waals surface area contributed by atoms with Crippen molar-refractivity contribution in [3.63, 3.8) is 0 Å². The van der Waals surface area contributed by atoms with Gasteiger partial charge in [0.05, 0.1) is 12.2 Å². The van der Waals surface area contributed by atoms with Gasteiger partial charge in [-0.3, -0.25) is 0 Å². The van der Waals surface area contributed by atoms with Crippen LogP contribution in [0.25, 0.3) is 0 Å². The minimum absolute atomic E-state index is 0.192. The van der Waals surface area contributed by atoms with Gasteiger partial charge in [-0.15, -0.1) is 0 Å². The summed E-state index contributed by atoms with van der Waals surface area (Å²) in [4.78, 5) is 0. The van der Waals surface area contributed by atoms with E-state index in [1.54, 1.807) is 0 Å². The van der Waals surface area contributed by atoms with Gasteiger partial charge in [-0.05, 0) is 37.5 Å². The fourth-order valence-electron chi connectivity index (χ4n) is 1.22. The number of nitriles is 1. The third kappa shape index (κ3) is 2.26. The van der Waals surface area contributed by atoms with Crippen LogP contribution in [0.1, 0.15) is 30.9 Å². The van der Waals surface area contributed by atoms with Crippen molar-refractivity contribution in [3.8, 4) is 11.8 Å². The lowest BCUT2D eigenvalue weighted by atomic mass is 10.0. The number of hydrogen-bond donors (Lipinski definition) is 0. The molecule has 0 aliphatic carbocycles. The van der Waals surface area contributed by atoms with E-state index in [0.717, 1.165) is 5.56 Å². The highest BCUT2D eigenvalue weighted by atomic mass is 16.5. The van der Waals surface area contributed by atoms with Gasteiger partial charge in [-0.1, -0.05) is 13.0 Å². The van der Waals surface area contributed by atoms with Crippen LogP contribution in [0.2, 0.25) is 0 Å². The van der Waals surface area contributed by atoms with Crippen molar-refractivity contribution in [2.45, 2.75) is 19.8 Å². The van der Waals surface area contributed by atoms with E-state index in [2.05, 4.69) is 13.0 Å². The zero-order valence-corrected chi connectivity index (χ0v) is 8.58. The highest BCUT2D eigenvalue weighted by Gasteiger charge is 2.06. The van der Waals surface area contributed by atoms with Crippen LogP contribution in [0.5, 0.6) is 5.75 Å². The van der Waals surface area contributed by atoms with Gasteiger partial charge in [0.2, 0.25) is 0 Å². The first-order valence-electron chi connectivity index (χ1n) is 4.69. The Hall–Kier alpha value is -1.49. The van der Waals surface area contributed by atoms with E-state index in [9.17, 15) is 0 Å². The molecule has 1 atom stereocenters. The Morgan fingerprint density at radius 3 is 2.79 bits per heavy atom. The molecule has 0 aliphatic rings. The molecule has 1 aromatic rings. The Balaban J connectivity index is 3.07. The maximum absolute atomic E-state index is 8.90. The van der Waals surface area contributed by atoms with Crippen molar-refractivity contribution in [3.05, 3.63) is 36.2 Å². The molecule has 0 fully saturated rings. The molecule has 0 heterocycles. The molecule has 2 heteroatoms. The normalized spacial score (nSPS) is 9.93. The van der Waals surface area contributed by atoms with Gasteiger partial charge < -0.3 is 4.74 Å². The minimum atomic E-state index is 0.192. The van der Waals surface area contributed by atoms with Crippen LogP contribution >= 0.6 is 0 Å². The molecule has 0 aliphatic heterocycles. The summed E-state index contributed by atoms with van der Waals surface area (Å²) >= 11 is 0. The van der Waals surface area contributed by atoms with Crippen LogP contribution < -0.4 is 4.74 Å². The molecule has 0 amide bonds. The van der Waals surface area contributed by atoms with E-state index in [4.69, 9.17) is 10.00 Å². The molecule has 0 saturated heterocycles. The molecular formula is C12H14NO. The average Bonchev–Trinajstić information content (AvgIpc) is 2.18. The zero-order valence-electron chi connectivity index (χ0n) is 8.58. The number of ether oxygens (including phenoxy) is 1. The van der Waals surface area contributed by atoms with Gasteiger partial charge >= 0.3 is 0 Å².